The zero-order valence-electron chi connectivity index (χ0n) is 18.1. The Bertz CT molecular complexity index is 1160. The van der Waals surface area contributed by atoms with E-state index in [0.717, 1.165) is 39.3 Å². The summed E-state index contributed by atoms with van der Waals surface area (Å²) in [4.78, 5) is 51.1. The Labute approximate surface area is 193 Å². The van der Waals surface area contributed by atoms with Crippen LogP contribution < -0.4 is 0 Å². The van der Waals surface area contributed by atoms with Crippen LogP contribution in [0, 0.1) is 24.0 Å². The van der Waals surface area contributed by atoms with E-state index in [-0.39, 0.29) is 23.0 Å². The lowest BCUT2D eigenvalue weighted by molar-refractivity contribution is -0.384. The van der Waals surface area contributed by atoms with E-state index in [1.54, 1.807) is 23.1 Å². The highest BCUT2D eigenvalue weighted by Gasteiger charge is 2.37. The van der Waals surface area contributed by atoms with E-state index in [9.17, 15) is 24.5 Å². The minimum Gasteiger partial charge on any atom is -0.378 e. The van der Waals surface area contributed by atoms with Gasteiger partial charge in [-0.05, 0) is 55.4 Å². The molecular formula is C22H22N4O6S. The molecule has 0 radical (unpaired) electrons. The van der Waals surface area contributed by atoms with Crippen LogP contribution in [0.2, 0.25) is 0 Å². The number of nitro groups is 1. The topological polar surface area (TPSA) is 115 Å². The van der Waals surface area contributed by atoms with Gasteiger partial charge in [0.1, 0.15) is 6.54 Å². The number of hydrogen-bond donors (Lipinski definition) is 0. The van der Waals surface area contributed by atoms with Crippen LogP contribution in [-0.2, 0) is 14.3 Å². The average Bonchev–Trinajstić information content (AvgIpc) is 3.23. The lowest BCUT2D eigenvalue weighted by Crippen LogP contribution is -2.46. The number of non-ortho nitro benzene ring substituents is 1. The molecule has 4 rings (SSSR count). The average molecular weight is 471 g/mol. The second kappa shape index (κ2) is 9.20. The van der Waals surface area contributed by atoms with E-state index in [0.29, 0.717) is 26.3 Å². The SMILES string of the molecule is Cc1cc(/C=C2\SC(=O)N(CC(=O)N3CCOCC3)C2=O)c(C)n1-c1ccc([N+](=O)[O-])cc1. The smallest absolute Gasteiger partial charge is 0.294 e. The monoisotopic (exact) mass is 470 g/mol. The van der Waals surface area contributed by atoms with Gasteiger partial charge >= 0.3 is 0 Å². The van der Waals surface area contributed by atoms with Crippen molar-refractivity contribution in [1.29, 1.82) is 0 Å². The van der Waals surface area contributed by atoms with Crippen LogP contribution in [-0.4, -0.2) is 69.2 Å². The number of nitro benzene ring substituents is 1. The number of imide groups is 1. The molecule has 33 heavy (non-hydrogen) atoms. The molecule has 172 valence electrons. The predicted octanol–water partition coefficient (Wildman–Crippen LogP) is 2.90. The number of hydrogen-bond acceptors (Lipinski definition) is 7. The minimum atomic E-state index is -0.494. The fourth-order valence-corrected chi connectivity index (χ4v) is 4.71. The van der Waals surface area contributed by atoms with Crippen molar-refractivity contribution in [2.24, 2.45) is 0 Å². The van der Waals surface area contributed by atoms with Gasteiger partial charge in [0, 0.05) is 42.3 Å². The van der Waals surface area contributed by atoms with Crippen LogP contribution in [0.5, 0.6) is 0 Å². The van der Waals surface area contributed by atoms with Gasteiger partial charge in [0.15, 0.2) is 0 Å². The minimum absolute atomic E-state index is 0.00161. The molecule has 0 saturated carbocycles. The van der Waals surface area contributed by atoms with Gasteiger partial charge in [-0.3, -0.25) is 29.4 Å². The van der Waals surface area contributed by atoms with Gasteiger partial charge in [-0.2, -0.15) is 0 Å². The van der Waals surface area contributed by atoms with E-state index < -0.39 is 16.1 Å². The molecule has 2 aromatic rings. The summed E-state index contributed by atoms with van der Waals surface area (Å²) in [7, 11) is 0. The lowest BCUT2D eigenvalue weighted by atomic mass is 10.2. The summed E-state index contributed by atoms with van der Waals surface area (Å²) in [6, 6.07) is 8.07. The Morgan fingerprint density at radius 2 is 1.85 bits per heavy atom. The maximum absolute atomic E-state index is 12.9. The standard InChI is InChI=1S/C22H22N4O6S/c1-14-11-16(15(2)25(14)17-3-5-18(6-4-17)26(30)31)12-19-21(28)24(22(29)33-19)13-20(27)23-7-9-32-10-8-23/h3-6,11-12H,7-10,13H2,1-2H3/b19-12-. The Balaban J connectivity index is 1.55. The molecule has 2 fully saturated rings. The van der Waals surface area contributed by atoms with E-state index in [2.05, 4.69) is 0 Å². The van der Waals surface area contributed by atoms with Crippen molar-refractivity contribution >= 4 is 40.6 Å². The third-order valence-corrected chi connectivity index (χ3v) is 6.51. The summed E-state index contributed by atoms with van der Waals surface area (Å²) in [6.07, 6.45) is 1.65. The summed E-state index contributed by atoms with van der Waals surface area (Å²) in [5.41, 5.74) is 3.18. The summed E-state index contributed by atoms with van der Waals surface area (Å²) in [6.45, 7) is 5.24. The molecule has 0 spiro atoms. The van der Waals surface area contributed by atoms with Crippen LogP contribution in [0.4, 0.5) is 10.5 Å². The van der Waals surface area contributed by atoms with Crippen molar-refractivity contribution < 1.29 is 24.0 Å². The first-order valence-corrected chi connectivity index (χ1v) is 11.1. The van der Waals surface area contributed by atoms with Crippen molar-refractivity contribution in [1.82, 2.24) is 14.4 Å². The largest absolute Gasteiger partial charge is 0.378 e. The van der Waals surface area contributed by atoms with Crippen LogP contribution in [0.25, 0.3) is 11.8 Å². The molecule has 2 aliphatic rings. The zero-order chi connectivity index (χ0) is 23.7. The number of thioether (sulfide) groups is 1. The summed E-state index contributed by atoms with van der Waals surface area (Å²) < 4.78 is 7.15. The number of carbonyl (C=O) groups is 3. The number of nitrogens with zero attached hydrogens (tertiary/aromatic N) is 4. The van der Waals surface area contributed by atoms with Crippen molar-refractivity contribution in [2.45, 2.75) is 13.8 Å². The highest BCUT2D eigenvalue weighted by molar-refractivity contribution is 8.18. The highest BCUT2D eigenvalue weighted by atomic mass is 32.2. The van der Waals surface area contributed by atoms with Crippen LogP contribution in [0.1, 0.15) is 17.0 Å². The molecule has 2 saturated heterocycles. The third kappa shape index (κ3) is 4.55. The van der Waals surface area contributed by atoms with Crippen LogP contribution in [0.3, 0.4) is 0 Å². The van der Waals surface area contributed by atoms with Gasteiger partial charge in [0.05, 0.1) is 23.0 Å². The molecule has 0 atom stereocenters. The van der Waals surface area contributed by atoms with Crippen molar-refractivity contribution in [2.75, 3.05) is 32.8 Å². The number of amides is 3. The Morgan fingerprint density at radius 1 is 1.18 bits per heavy atom. The molecule has 0 N–H and O–H groups in total. The first-order valence-electron chi connectivity index (χ1n) is 10.3. The number of morpholine rings is 1. The molecular weight excluding hydrogens is 448 g/mol. The zero-order valence-corrected chi connectivity index (χ0v) is 19.0. The Hall–Kier alpha value is -3.44. The summed E-state index contributed by atoms with van der Waals surface area (Å²) >= 11 is 0.809. The molecule has 2 aliphatic heterocycles. The number of rotatable bonds is 5. The van der Waals surface area contributed by atoms with Crippen molar-refractivity contribution in [3.8, 4) is 5.69 Å². The molecule has 0 aliphatic carbocycles. The van der Waals surface area contributed by atoms with Gasteiger partial charge in [0.2, 0.25) is 5.91 Å². The molecule has 3 heterocycles. The normalized spacial score (nSPS) is 17.8. The maximum Gasteiger partial charge on any atom is 0.294 e. The molecule has 0 bridgehead atoms. The number of aryl methyl sites for hydroxylation is 1. The van der Waals surface area contributed by atoms with Crippen LogP contribution >= 0.6 is 11.8 Å². The molecule has 11 heteroatoms. The maximum atomic E-state index is 12.9. The van der Waals surface area contributed by atoms with Gasteiger partial charge < -0.3 is 14.2 Å². The van der Waals surface area contributed by atoms with E-state index in [1.165, 1.54) is 12.1 Å². The quantitative estimate of drug-likeness (QED) is 0.375. The summed E-state index contributed by atoms with van der Waals surface area (Å²) in [5.74, 6) is -0.773. The first-order chi connectivity index (χ1) is 15.8. The second-order valence-electron chi connectivity index (χ2n) is 7.70. The number of benzene rings is 1. The number of carbonyl (C=O) groups excluding carboxylic acids is 3. The third-order valence-electron chi connectivity index (χ3n) is 5.61. The Morgan fingerprint density at radius 3 is 2.48 bits per heavy atom. The van der Waals surface area contributed by atoms with E-state index in [1.807, 2.05) is 24.5 Å². The number of aromatic nitrogens is 1. The fraction of sp³-hybridized carbons (Fsp3) is 0.318. The van der Waals surface area contributed by atoms with Crippen molar-refractivity contribution in [3.05, 3.63) is 62.3 Å². The van der Waals surface area contributed by atoms with E-state index in [4.69, 9.17) is 4.74 Å². The second-order valence-corrected chi connectivity index (χ2v) is 8.69. The Kier molecular flexibility index (Phi) is 6.34. The molecule has 1 aromatic heterocycles. The summed E-state index contributed by atoms with van der Waals surface area (Å²) in [5, 5.41) is 10.4. The first kappa shape index (κ1) is 22.7. The van der Waals surface area contributed by atoms with Gasteiger partial charge in [-0.15, -0.1) is 0 Å². The van der Waals surface area contributed by atoms with Gasteiger partial charge in [-0.25, -0.2) is 0 Å². The van der Waals surface area contributed by atoms with E-state index >= 15 is 0 Å². The number of ether oxygens (including phenoxy) is 1. The lowest BCUT2D eigenvalue weighted by Gasteiger charge is -2.28. The highest BCUT2D eigenvalue weighted by Crippen LogP contribution is 2.34. The van der Waals surface area contributed by atoms with Gasteiger partial charge in [0.25, 0.3) is 16.8 Å². The van der Waals surface area contributed by atoms with Gasteiger partial charge in [-0.1, -0.05) is 0 Å². The molecule has 1 aromatic carbocycles. The molecule has 10 nitrogen and oxygen atoms in total. The van der Waals surface area contributed by atoms with Crippen LogP contribution in [0.15, 0.2) is 35.2 Å². The predicted molar refractivity (Wildman–Crippen MR) is 122 cm³/mol. The fourth-order valence-electron chi connectivity index (χ4n) is 3.88. The molecule has 0 unspecified atom stereocenters. The van der Waals surface area contributed by atoms with Crippen molar-refractivity contribution in [3.63, 3.8) is 0 Å². The molecule has 3 amide bonds.